The van der Waals surface area contributed by atoms with E-state index in [-0.39, 0.29) is 11.9 Å². The molecule has 0 aromatic carbocycles. The molecule has 1 aromatic heterocycles. The van der Waals surface area contributed by atoms with Crippen molar-refractivity contribution in [2.24, 2.45) is 0 Å². The second-order valence-electron chi connectivity index (χ2n) is 3.80. The van der Waals surface area contributed by atoms with E-state index in [1.54, 1.807) is 0 Å². The van der Waals surface area contributed by atoms with Crippen LogP contribution < -0.4 is 5.32 Å². The minimum absolute atomic E-state index is 0.0337. The average Bonchev–Trinajstić information content (AvgIpc) is 2.68. The van der Waals surface area contributed by atoms with E-state index in [4.69, 9.17) is 0 Å². The molecule has 0 saturated carbocycles. The number of amides is 1. The summed E-state index contributed by atoms with van der Waals surface area (Å²) in [7, 11) is 1.38. The summed E-state index contributed by atoms with van der Waals surface area (Å²) in [6.45, 7) is 0.548. The Labute approximate surface area is 93.2 Å². The average molecular weight is 222 g/mol. The number of aromatic amines is 1. The van der Waals surface area contributed by atoms with Gasteiger partial charge in [-0.25, -0.2) is 0 Å². The fourth-order valence-electron chi connectivity index (χ4n) is 1.89. The van der Waals surface area contributed by atoms with Gasteiger partial charge in [0.15, 0.2) is 0 Å². The van der Waals surface area contributed by atoms with Gasteiger partial charge in [0.25, 0.3) is 0 Å². The van der Waals surface area contributed by atoms with E-state index in [9.17, 15) is 9.59 Å². The minimum atomic E-state index is -0.227. The van der Waals surface area contributed by atoms with Crippen LogP contribution in [0.1, 0.15) is 23.2 Å². The van der Waals surface area contributed by atoms with E-state index in [1.807, 2.05) is 6.20 Å². The Morgan fingerprint density at radius 1 is 1.56 bits per heavy atom. The van der Waals surface area contributed by atoms with E-state index in [2.05, 4.69) is 15.0 Å². The molecule has 0 radical (unpaired) electrons. The lowest BCUT2D eigenvalue weighted by Crippen LogP contribution is -2.30. The van der Waals surface area contributed by atoms with Crippen LogP contribution >= 0.6 is 0 Å². The Morgan fingerprint density at radius 2 is 2.38 bits per heavy atom. The summed E-state index contributed by atoms with van der Waals surface area (Å²) in [5, 5.41) is 2.77. The largest absolute Gasteiger partial charge is 0.469 e. The van der Waals surface area contributed by atoms with Crippen molar-refractivity contribution in [3.63, 3.8) is 0 Å². The number of H-pyrrole nitrogens is 1. The third kappa shape index (κ3) is 2.08. The third-order valence-electron chi connectivity index (χ3n) is 2.80. The summed E-state index contributed by atoms with van der Waals surface area (Å²) >= 11 is 0. The molecular formula is C11H14N2O3. The summed E-state index contributed by atoms with van der Waals surface area (Å²) < 4.78 is 4.59. The maximum absolute atomic E-state index is 11.3. The van der Waals surface area contributed by atoms with Gasteiger partial charge in [-0.1, -0.05) is 0 Å². The van der Waals surface area contributed by atoms with E-state index in [1.165, 1.54) is 7.11 Å². The number of methoxy groups -OCH3 is 1. The molecule has 0 spiro atoms. The number of aryl methyl sites for hydroxylation is 1. The van der Waals surface area contributed by atoms with Crippen LogP contribution in [0.2, 0.25) is 0 Å². The highest BCUT2D eigenvalue weighted by atomic mass is 16.5. The van der Waals surface area contributed by atoms with E-state index in [0.717, 1.165) is 16.8 Å². The van der Waals surface area contributed by atoms with Crippen LogP contribution in [0.3, 0.4) is 0 Å². The predicted molar refractivity (Wildman–Crippen MR) is 56.7 cm³/mol. The molecule has 0 aliphatic carbocycles. The first-order valence-electron chi connectivity index (χ1n) is 5.22. The van der Waals surface area contributed by atoms with Crippen LogP contribution in [0.5, 0.6) is 0 Å². The zero-order chi connectivity index (χ0) is 11.5. The Bertz CT molecular complexity index is 423. The normalized spacial score (nSPS) is 14.2. The smallest absolute Gasteiger partial charge is 0.305 e. The number of hydrogen-bond acceptors (Lipinski definition) is 3. The predicted octanol–water partition coefficient (Wildman–Crippen LogP) is 0.293. The molecule has 2 rings (SSSR count). The quantitative estimate of drug-likeness (QED) is 0.722. The molecule has 86 valence electrons. The van der Waals surface area contributed by atoms with Gasteiger partial charge in [0.2, 0.25) is 5.91 Å². The number of rotatable bonds is 3. The van der Waals surface area contributed by atoms with Gasteiger partial charge in [-0.15, -0.1) is 0 Å². The molecule has 16 heavy (non-hydrogen) atoms. The number of carbonyl (C=O) groups excluding carboxylic acids is 2. The molecule has 0 fully saturated rings. The van der Waals surface area contributed by atoms with Crippen LogP contribution in [0.4, 0.5) is 0 Å². The Hall–Kier alpha value is -1.78. The minimum Gasteiger partial charge on any atom is -0.469 e. The summed E-state index contributed by atoms with van der Waals surface area (Å²) in [6, 6.07) is 0. The maximum Gasteiger partial charge on any atom is 0.305 e. The summed E-state index contributed by atoms with van der Waals surface area (Å²) in [5.74, 6) is -0.193. The second-order valence-corrected chi connectivity index (χ2v) is 3.80. The highest BCUT2D eigenvalue weighted by molar-refractivity contribution is 5.81. The van der Waals surface area contributed by atoms with Gasteiger partial charge in [-0.2, -0.15) is 0 Å². The van der Waals surface area contributed by atoms with E-state index >= 15 is 0 Å². The van der Waals surface area contributed by atoms with Crippen molar-refractivity contribution < 1.29 is 14.3 Å². The molecule has 1 aromatic rings. The molecule has 0 bridgehead atoms. The lowest BCUT2D eigenvalue weighted by Gasteiger charge is -2.13. The van der Waals surface area contributed by atoms with Crippen LogP contribution in [0, 0.1) is 0 Å². The maximum atomic E-state index is 11.3. The van der Waals surface area contributed by atoms with Gasteiger partial charge < -0.3 is 15.0 Å². The van der Waals surface area contributed by atoms with Crippen molar-refractivity contribution in [1.82, 2.24) is 10.3 Å². The highest BCUT2D eigenvalue weighted by Gasteiger charge is 2.19. The van der Waals surface area contributed by atoms with E-state index in [0.29, 0.717) is 25.8 Å². The van der Waals surface area contributed by atoms with Gasteiger partial charge in [-0.3, -0.25) is 9.59 Å². The van der Waals surface area contributed by atoms with Gasteiger partial charge in [0.1, 0.15) is 0 Å². The number of esters is 1. The SMILES string of the molecule is COC(=O)CCc1c[nH]c2c1CC(=O)NC2. The van der Waals surface area contributed by atoms with Gasteiger partial charge in [0, 0.05) is 18.3 Å². The number of carbonyl (C=O) groups is 2. The molecule has 1 aliphatic rings. The van der Waals surface area contributed by atoms with Crippen LogP contribution in [0.25, 0.3) is 0 Å². The monoisotopic (exact) mass is 222 g/mol. The van der Waals surface area contributed by atoms with Crippen molar-refractivity contribution in [2.75, 3.05) is 7.11 Å². The topological polar surface area (TPSA) is 71.2 Å². The fraction of sp³-hybridized carbons (Fsp3) is 0.455. The molecule has 5 heteroatoms. The van der Waals surface area contributed by atoms with Crippen molar-refractivity contribution in [1.29, 1.82) is 0 Å². The Balaban J connectivity index is 2.08. The van der Waals surface area contributed by atoms with E-state index < -0.39 is 0 Å². The molecule has 5 nitrogen and oxygen atoms in total. The van der Waals surface area contributed by atoms with Crippen molar-refractivity contribution >= 4 is 11.9 Å². The van der Waals surface area contributed by atoms with Crippen LogP contribution in [-0.2, 0) is 33.7 Å². The van der Waals surface area contributed by atoms with Gasteiger partial charge in [-0.05, 0) is 17.5 Å². The Morgan fingerprint density at radius 3 is 3.12 bits per heavy atom. The molecule has 0 saturated heterocycles. The standard InChI is InChI=1S/C11H14N2O3/c1-16-11(15)3-2-7-5-12-9-6-13-10(14)4-8(7)9/h5,12H,2-4,6H2,1H3,(H,13,14). The number of ether oxygens (including phenoxy) is 1. The summed E-state index contributed by atoms with van der Waals surface area (Å²) in [5.41, 5.74) is 3.11. The van der Waals surface area contributed by atoms with Crippen molar-refractivity contribution in [3.8, 4) is 0 Å². The molecule has 0 unspecified atom stereocenters. The zero-order valence-electron chi connectivity index (χ0n) is 9.13. The summed E-state index contributed by atoms with van der Waals surface area (Å²) in [4.78, 5) is 25.4. The molecular weight excluding hydrogens is 208 g/mol. The lowest BCUT2D eigenvalue weighted by molar-refractivity contribution is -0.140. The van der Waals surface area contributed by atoms with Crippen LogP contribution in [0.15, 0.2) is 6.20 Å². The second kappa shape index (κ2) is 4.38. The lowest BCUT2D eigenvalue weighted by atomic mass is 10.0. The molecule has 1 aliphatic heterocycles. The Kier molecular flexibility index (Phi) is 2.94. The molecule has 2 N–H and O–H groups in total. The van der Waals surface area contributed by atoms with Crippen LogP contribution in [-0.4, -0.2) is 24.0 Å². The van der Waals surface area contributed by atoms with Gasteiger partial charge >= 0.3 is 5.97 Å². The number of hydrogen-bond donors (Lipinski definition) is 2. The number of nitrogens with one attached hydrogen (secondary N) is 2. The molecule has 1 amide bonds. The van der Waals surface area contributed by atoms with Gasteiger partial charge in [0.05, 0.1) is 20.1 Å². The molecule has 0 atom stereocenters. The number of fused-ring (bicyclic) bond motifs is 1. The molecule has 2 heterocycles. The summed E-state index contributed by atoms with van der Waals surface area (Å²) in [6.07, 6.45) is 3.23. The highest BCUT2D eigenvalue weighted by Crippen LogP contribution is 2.19. The zero-order valence-corrected chi connectivity index (χ0v) is 9.13. The number of aromatic nitrogens is 1. The first-order chi connectivity index (χ1) is 7.70. The first-order valence-corrected chi connectivity index (χ1v) is 5.22. The van der Waals surface area contributed by atoms with Crippen molar-refractivity contribution in [3.05, 3.63) is 23.0 Å². The third-order valence-corrected chi connectivity index (χ3v) is 2.80. The fourth-order valence-corrected chi connectivity index (χ4v) is 1.89. The van der Waals surface area contributed by atoms with Crippen molar-refractivity contribution in [2.45, 2.75) is 25.8 Å². The first kappa shape index (κ1) is 10.7.